The SMILES string of the molecule is COc1ccc(-c2cc(-c3cc(OC)c(OC)c(OC)c3)no2)cc1OCC(=O)Nc1nc2cc(C)ccc2s1. The van der Waals surface area contributed by atoms with Crippen LogP contribution >= 0.6 is 11.3 Å². The Kier molecular flexibility index (Phi) is 7.74. The van der Waals surface area contributed by atoms with E-state index in [4.69, 9.17) is 28.2 Å². The number of hydrogen-bond donors (Lipinski definition) is 1. The summed E-state index contributed by atoms with van der Waals surface area (Å²) in [6, 6.07) is 16.6. The lowest BCUT2D eigenvalue weighted by Gasteiger charge is -2.13. The molecule has 0 atom stereocenters. The Morgan fingerprint density at radius 2 is 1.57 bits per heavy atom. The van der Waals surface area contributed by atoms with Gasteiger partial charge in [-0.3, -0.25) is 10.1 Å². The number of fused-ring (bicyclic) bond motifs is 1. The van der Waals surface area contributed by atoms with Gasteiger partial charge in [-0.2, -0.15) is 0 Å². The third-order valence-corrected chi connectivity index (χ3v) is 7.02. The lowest BCUT2D eigenvalue weighted by molar-refractivity contribution is -0.118. The van der Waals surface area contributed by atoms with Crippen LogP contribution < -0.4 is 29.0 Å². The average Bonchev–Trinajstić information content (AvgIpc) is 3.62. The first-order chi connectivity index (χ1) is 19.4. The van der Waals surface area contributed by atoms with Crippen molar-refractivity contribution in [2.24, 2.45) is 0 Å². The minimum absolute atomic E-state index is 0.234. The van der Waals surface area contributed by atoms with Crippen LogP contribution in [0.1, 0.15) is 5.56 Å². The molecule has 2 heterocycles. The van der Waals surface area contributed by atoms with Gasteiger partial charge in [0, 0.05) is 17.2 Å². The van der Waals surface area contributed by atoms with E-state index in [1.54, 1.807) is 51.7 Å². The molecule has 3 aromatic carbocycles. The molecule has 206 valence electrons. The number of ether oxygens (including phenoxy) is 5. The second-order valence-electron chi connectivity index (χ2n) is 8.68. The van der Waals surface area contributed by atoms with E-state index in [1.807, 2.05) is 31.2 Å². The Hall–Kier alpha value is -4.77. The topological polar surface area (TPSA) is 114 Å². The maximum atomic E-state index is 12.6. The molecule has 0 aliphatic carbocycles. The molecule has 5 aromatic rings. The van der Waals surface area contributed by atoms with Gasteiger partial charge in [0.2, 0.25) is 5.75 Å². The van der Waals surface area contributed by atoms with Crippen molar-refractivity contribution < 1.29 is 33.0 Å². The number of amides is 1. The van der Waals surface area contributed by atoms with Crippen LogP contribution in [0.2, 0.25) is 0 Å². The number of carbonyl (C=O) groups excluding carboxylic acids is 1. The number of aromatic nitrogens is 2. The van der Waals surface area contributed by atoms with E-state index in [0.717, 1.165) is 21.3 Å². The highest BCUT2D eigenvalue weighted by Gasteiger charge is 2.18. The Labute approximate surface area is 234 Å². The number of nitrogens with one attached hydrogen (secondary N) is 1. The van der Waals surface area contributed by atoms with E-state index in [2.05, 4.69) is 15.5 Å². The number of hydrogen-bond acceptors (Lipinski definition) is 10. The van der Waals surface area contributed by atoms with Crippen LogP contribution in [0.15, 0.2) is 59.1 Å². The molecular formula is C29H27N3O7S. The number of thiazole rings is 1. The van der Waals surface area contributed by atoms with Crippen molar-refractivity contribution in [2.45, 2.75) is 6.92 Å². The van der Waals surface area contributed by atoms with E-state index in [1.165, 1.54) is 18.4 Å². The molecule has 0 saturated carbocycles. The molecule has 11 heteroatoms. The van der Waals surface area contributed by atoms with Crippen molar-refractivity contribution in [2.75, 3.05) is 40.4 Å². The van der Waals surface area contributed by atoms with Crippen molar-refractivity contribution in [1.29, 1.82) is 0 Å². The smallest absolute Gasteiger partial charge is 0.264 e. The zero-order valence-corrected chi connectivity index (χ0v) is 23.4. The lowest BCUT2D eigenvalue weighted by Crippen LogP contribution is -2.20. The largest absolute Gasteiger partial charge is 0.493 e. The summed E-state index contributed by atoms with van der Waals surface area (Å²) in [6.07, 6.45) is 0. The molecule has 0 bridgehead atoms. The van der Waals surface area contributed by atoms with Crippen LogP contribution in [0.3, 0.4) is 0 Å². The van der Waals surface area contributed by atoms with E-state index in [0.29, 0.717) is 50.9 Å². The van der Waals surface area contributed by atoms with Crippen molar-refractivity contribution in [3.8, 4) is 51.3 Å². The highest BCUT2D eigenvalue weighted by Crippen LogP contribution is 2.42. The number of anilines is 1. The normalized spacial score (nSPS) is 10.8. The average molecular weight is 562 g/mol. The molecule has 0 radical (unpaired) electrons. The third-order valence-electron chi connectivity index (χ3n) is 6.07. The highest BCUT2D eigenvalue weighted by molar-refractivity contribution is 7.22. The zero-order chi connectivity index (χ0) is 28.2. The second kappa shape index (κ2) is 11.5. The molecule has 0 unspecified atom stereocenters. The number of benzene rings is 3. The molecule has 40 heavy (non-hydrogen) atoms. The maximum Gasteiger partial charge on any atom is 0.264 e. The van der Waals surface area contributed by atoms with Crippen LogP contribution in [-0.4, -0.2) is 51.1 Å². The Morgan fingerprint density at radius 1 is 0.850 bits per heavy atom. The predicted octanol–water partition coefficient (Wildman–Crippen LogP) is 5.98. The predicted molar refractivity (Wildman–Crippen MR) is 152 cm³/mol. The lowest BCUT2D eigenvalue weighted by atomic mass is 10.1. The summed E-state index contributed by atoms with van der Waals surface area (Å²) in [6.45, 7) is 1.77. The van der Waals surface area contributed by atoms with Gasteiger partial charge in [0.1, 0.15) is 5.69 Å². The summed E-state index contributed by atoms with van der Waals surface area (Å²) in [5.41, 5.74) is 3.92. The van der Waals surface area contributed by atoms with E-state index in [-0.39, 0.29) is 12.5 Å². The molecule has 1 N–H and O–H groups in total. The molecule has 0 aliphatic rings. The summed E-state index contributed by atoms with van der Waals surface area (Å²) in [7, 11) is 6.17. The number of aryl methyl sites for hydroxylation is 1. The summed E-state index contributed by atoms with van der Waals surface area (Å²) < 4.78 is 34.2. The van der Waals surface area contributed by atoms with Crippen LogP contribution in [0.5, 0.6) is 28.7 Å². The number of rotatable bonds is 10. The van der Waals surface area contributed by atoms with Crippen molar-refractivity contribution in [3.05, 3.63) is 60.2 Å². The second-order valence-corrected chi connectivity index (χ2v) is 9.71. The Balaban J connectivity index is 1.33. The van der Waals surface area contributed by atoms with Crippen LogP contribution in [0, 0.1) is 6.92 Å². The fourth-order valence-corrected chi connectivity index (χ4v) is 4.97. The van der Waals surface area contributed by atoms with Gasteiger partial charge >= 0.3 is 0 Å². The molecule has 0 aliphatic heterocycles. The Morgan fingerprint density at radius 3 is 2.27 bits per heavy atom. The van der Waals surface area contributed by atoms with E-state index >= 15 is 0 Å². The first-order valence-electron chi connectivity index (χ1n) is 12.2. The standard InChI is InChI=1S/C29H27N3O7S/c1-16-6-9-26-20(10-16)30-29(40-26)31-27(33)15-38-23-11-17(7-8-21(23)34-2)22-14-19(32-39-22)18-12-24(35-3)28(37-5)25(13-18)36-4/h6-14H,15H2,1-5H3,(H,30,31,33). The number of carbonyl (C=O) groups is 1. The fourth-order valence-electron chi connectivity index (χ4n) is 4.11. The van der Waals surface area contributed by atoms with Gasteiger partial charge in [0.25, 0.3) is 5.91 Å². The van der Waals surface area contributed by atoms with Gasteiger partial charge in [-0.1, -0.05) is 22.6 Å². The Bertz CT molecular complexity index is 1650. The highest BCUT2D eigenvalue weighted by atomic mass is 32.1. The van der Waals surface area contributed by atoms with Crippen molar-refractivity contribution in [3.63, 3.8) is 0 Å². The molecule has 5 rings (SSSR count). The van der Waals surface area contributed by atoms with Crippen LogP contribution in [0.4, 0.5) is 5.13 Å². The first kappa shape index (κ1) is 26.8. The molecule has 2 aromatic heterocycles. The molecular weight excluding hydrogens is 534 g/mol. The van der Waals surface area contributed by atoms with Gasteiger partial charge in [0.05, 0.1) is 38.7 Å². The molecule has 0 saturated heterocycles. The van der Waals surface area contributed by atoms with Crippen LogP contribution in [-0.2, 0) is 4.79 Å². The van der Waals surface area contributed by atoms with Crippen molar-refractivity contribution in [1.82, 2.24) is 10.1 Å². The number of methoxy groups -OCH3 is 4. The summed E-state index contributed by atoms with van der Waals surface area (Å²) >= 11 is 1.40. The first-order valence-corrected chi connectivity index (χ1v) is 13.0. The minimum Gasteiger partial charge on any atom is -0.493 e. The maximum absolute atomic E-state index is 12.6. The van der Waals surface area contributed by atoms with Gasteiger partial charge in [-0.25, -0.2) is 4.98 Å². The molecule has 0 fully saturated rings. The minimum atomic E-state index is -0.340. The van der Waals surface area contributed by atoms with Gasteiger partial charge in [0.15, 0.2) is 40.5 Å². The summed E-state index contributed by atoms with van der Waals surface area (Å²) in [5, 5.41) is 7.52. The molecule has 0 spiro atoms. The van der Waals surface area contributed by atoms with Gasteiger partial charge in [-0.05, 0) is 55.0 Å². The van der Waals surface area contributed by atoms with Crippen molar-refractivity contribution >= 4 is 32.6 Å². The zero-order valence-electron chi connectivity index (χ0n) is 22.6. The molecule has 10 nitrogen and oxygen atoms in total. The van der Waals surface area contributed by atoms with Crippen LogP contribution in [0.25, 0.3) is 32.8 Å². The summed E-state index contributed by atoms with van der Waals surface area (Å²) in [5.74, 6) is 2.48. The number of nitrogens with zero attached hydrogens (tertiary/aromatic N) is 2. The quantitative estimate of drug-likeness (QED) is 0.220. The van der Waals surface area contributed by atoms with E-state index in [9.17, 15) is 4.79 Å². The van der Waals surface area contributed by atoms with E-state index < -0.39 is 0 Å². The summed E-state index contributed by atoms with van der Waals surface area (Å²) in [4.78, 5) is 17.1. The third kappa shape index (κ3) is 5.50. The van der Waals surface area contributed by atoms with Gasteiger partial charge in [-0.15, -0.1) is 0 Å². The fraction of sp³-hybridized carbons (Fsp3) is 0.207. The van der Waals surface area contributed by atoms with Gasteiger partial charge < -0.3 is 28.2 Å². The molecule has 1 amide bonds. The monoisotopic (exact) mass is 561 g/mol.